The van der Waals surface area contributed by atoms with Gasteiger partial charge in [0.05, 0.1) is 5.52 Å². The van der Waals surface area contributed by atoms with Gasteiger partial charge in [-0.2, -0.15) is 0 Å². The number of hydrogen-bond acceptors (Lipinski definition) is 4. The average molecular weight is 351 g/mol. The van der Waals surface area contributed by atoms with E-state index in [0.717, 1.165) is 26.1 Å². The molecule has 0 amide bonds. The summed E-state index contributed by atoms with van der Waals surface area (Å²) >= 11 is 0. The van der Waals surface area contributed by atoms with Crippen molar-refractivity contribution in [2.75, 3.05) is 19.7 Å². The van der Waals surface area contributed by atoms with E-state index >= 15 is 0 Å². The number of aromatic amines is 1. The molecule has 0 saturated heterocycles. The van der Waals surface area contributed by atoms with Gasteiger partial charge in [0, 0.05) is 24.8 Å². The first-order valence-corrected chi connectivity index (χ1v) is 8.80. The summed E-state index contributed by atoms with van der Waals surface area (Å²) in [7, 11) is 0. The third-order valence-corrected chi connectivity index (χ3v) is 4.38. The van der Waals surface area contributed by atoms with E-state index in [1.54, 1.807) is 12.1 Å². The molecule has 0 radical (unpaired) electrons. The highest BCUT2D eigenvalue weighted by atomic mass is 16.5. The maximum atomic E-state index is 11.3. The molecule has 2 aromatic heterocycles. The Morgan fingerprint density at radius 3 is 2.96 bits per heavy atom. The standard InChI is InChI=1S/C20H21N3O3/c24-20-22-16-6-3-8-18(19(16)26-20)25-14-11-21-10-4-12-23-13-9-15-5-1-2-7-17(15)23/h1-3,5-9,13,21H,4,10-12,14H2,(H,22,24). The highest BCUT2D eigenvalue weighted by Crippen LogP contribution is 2.22. The quantitative estimate of drug-likeness (QED) is 0.479. The van der Waals surface area contributed by atoms with Crippen LogP contribution in [0.3, 0.4) is 0 Å². The van der Waals surface area contributed by atoms with Crippen LogP contribution in [0, 0.1) is 0 Å². The molecular weight excluding hydrogens is 330 g/mol. The van der Waals surface area contributed by atoms with Gasteiger partial charge in [-0.15, -0.1) is 0 Å². The third kappa shape index (κ3) is 3.50. The van der Waals surface area contributed by atoms with E-state index in [9.17, 15) is 4.79 Å². The van der Waals surface area contributed by atoms with Gasteiger partial charge in [0.15, 0.2) is 11.3 Å². The Bertz CT molecular complexity index is 1060. The van der Waals surface area contributed by atoms with Gasteiger partial charge >= 0.3 is 5.76 Å². The molecule has 4 rings (SSSR count). The van der Waals surface area contributed by atoms with Crippen molar-refractivity contribution in [3.8, 4) is 5.75 Å². The van der Waals surface area contributed by atoms with E-state index in [1.807, 2.05) is 6.07 Å². The fourth-order valence-corrected chi connectivity index (χ4v) is 3.13. The molecule has 0 bridgehead atoms. The van der Waals surface area contributed by atoms with Gasteiger partial charge in [0.2, 0.25) is 0 Å². The van der Waals surface area contributed by atoms with Crippen molar-refractivity contribution in [1.29, 1.82) is 0 Å². The van der Waals surface area contributed by atoms with Gasteiger partial charge in [-0.05, 0) is 42.6 Å². The topological polar surface area (TPSA) is 72.2 Å². The number of ether oxygens (including phenoxy) is 1. The molecule has 0 fully saturated rings. The summed E-state index contributed by atoms with van der Waals surface area (Å²) in [6, 6.07) is 16.0. The first-order chi connectivity index (χ1) is 12.8. The van der Waals surface area contributed by atoms with Gasteiger partial charge in [0.1, 0.15) is 6.61 Å². The molecule has 2 N–H and O–H groups in total. The molecule has 26 heavy (non-hydrogen) atoms. The summed E-state index contributed by atoms with van der Waals surface area (Å²) in [5.41, 5.74) is 2.40. The van der Waals surface area contributed by atoms with E-state index in [2.05, 4.69) is 51.4 Å². The number of aromatic nitrogens is 2. The second kappa shape index (κ2) is 7.49. The van der Waals surface area contributed by atoms with Crippen LogP contribution in [0.5, 0.6) is 5.75 Å². The lowest BCUT2D eigenvalue weighted by molar-refractivity contribution is 0.311. The maximum Gasteiger partial charge on any atom is 0.417 e. The highest BCUT2D eigenvalue weighted by molar-refractivity contribution is 5.80. The van der Waals surface area contributed by atoms with Crippen LogP contribution in [-0.4, -0.2) is 29.2 Å². The van der Waals surface area contributed by atoms with Crippen LogP contribution in [0.1, 0.15) is 6.42 Å². The monoisotopic (exact) mass is 351 g/mol. The SMILES string of the molecule is O=c1[nH]c2cccc(OCCNCCCn3ccc4ccccc43)c2o1. The predicted molar refractivity (Wildman–Crippen MR) is 102 cm³/mol. The number of rotatable bonds is 8. The second-order valence-electron chi connectivity index (χ2n) is 6.17. The highest BCUT2D eigenvalue weighted by Gasteiger charge is 2.07. The molecule has 6 heteroatoms. The summed E-state index contributed by atoms with van der Waals surface area (Å²) < 4.78 is 13.1. The fraction of sp³-hybridized carbons (Fsp3) is 0.250. The first kappa shape index (κ1) is 16.5. The molecule has 134 valence electrons. The Morgan fingerprint density at radius 2 is 2.00 bits per heavy atom. The van der Waals surface area contributed by atoms with Crippen LogP contribution in [-0.2, 0) is 6.54 Å². The number of para-hydroxylation sites is 2. The van der Waals surface area contributed by atoms with Gasteiger partial charge in [0.25, 0.3) is 0 Å². The Labute approximate surface area is 150 Å². The Kier molecular flexibility index (Phi) is 4.75. The average Bonchev–Trinajstić information content (AvgIpc) is 3.24. The zero-order valence-electron chi connectivity index (χ0n) is 14.4. The third-order valence-electron chi connectivity index (χ3n) is 4.38. The van der Waals surface area contributed by atoms with E-state index in [1.165, 1.54) is 10.9 Å². The molecule has 4 aromatic rings. The van der Waals surface area contributed by atoms with Gasteiger partial charge in [-0.1, -0.05) is 24.3 Å². The molecule has 0 aliphatic rings. The summed E-state index contributed by atoms with van der Waals surface area (Å²) in [5.74, 6) is 0.119. The van der Waals surface area contributed by atoms with Gasteiger partial charge in [-0.3, -0.25) is 4.98 Å². The summed E-state index contributed by atoms with van der Waals surface area (Å²) in [6.07, 6.45) is 3.18. The zero-order valence-corrected chi connectivity index (χ0v) is 14.4. The van der Waals surface area contributed by atoms with Crippen LogP contribution in [0.15, 0.2) is 63.9 Å². The normalized spacial score (nSPS) is 11.4. The Hall–Kier alpha value is -2.99. The predicted octanol–water partition coefficient (Wildman–Crippen LogP) is 3.13. The minimum Gasteiger partial charge on any atom is -0.488 e. The second-order valence-corrected chi connectivity index (χ2v) is 6.17. The molecule has 0 spiro atoms. The number of hydrogen-bond donors (Lipinski definition) is 2. The van der Waals surface area contributed by atoms with E-state index in [-0.39, 0.29) is 0 Å². The summed E-state index contributed by atoms with van der Waals surface area (Å²) in [5, 5.41) is 4.66. The Morgan fingerprint density at radius 1 is 1.08 bits per heavy atom. The van der Waals surface area contributed by atoms with Crippen LogP contribution in [0.4, 0.5) is 0 Å². The van der Waals surface area contributed by atoms with Crippen molar-refractivity contribution in [3.05, 3.63) is 65.3 Å². The molecule has 0 unspecified atom stereocenters. The lowest BCUT2D eigenvalue weighted by Gasteiger charge is -2.09. The summed E-state index contributed by atoms with van der Waals surface area (Å²) in [4.78, 5) is 13.9. The molecule has 2 aromatic carbocycles. The van der Waals surface area contributed by atoms with Crippen molar-refractivity contribution < 1.29 is 9.15 Å². The number of aryl methyl sites for hydroxylation is 1. The van der Waals surface area contributed by atoms with Crippen molar-refractivity contribution in [1.82, 2.24) is 14.9 Å². The lowest BCUT2D eigenvalue weighted by Crippen LogP contribution is -2.23. The van der Waals surface area contributed by atoms with Crippen molar-refractivity contribution >= 4 is 22.0 Å². The number of H-pyrrole nitrogens is 1. The van der Waals surface area contributed by atoms with Crippen LogP contribution in [0.25, 0.3) is 22.0 Å². The minimum absolute atomic E-state index is 0.466. The summed E-state index contributed by atoms with van der Waals surface area (Å²) in [6.45, 7) is 3.15. The van der Waals surface area contributed by atoms with E-state index in [4.69, 9.17) is 9.15 Å². The van der Waals surface area contributed by atoms with Crippen LogP contribution in [0.2, 0.25) is 0 Å². The molecule has 0 aliphatic heterocycles. The molecule has 2 heterocycles. The van der Waals surface area contributed by atoms with Crippen molar-refractivity contribution in [3.63, 3.8) is 0 Å². The van der Waals surface area contributed by atoms with Gasteiger partial charge in [-0.25, -0.2) is 4.79 Å². The number of nitrogens with one attached hydrogen (secondary N) is 2. The molecule has 6 nitrogen and oxygen atoms in total. The number of oxazole rings is 1. The zero-order chi connectivity index (χ0) is 17.8. The van der Waals surface area contributed by atoms with Crippen molar-refractivity contribution in [2.24, 2.45) is 0 Å². The largest absolute Gasteiger partial charge is 0.488 e. The molecule has 0 atom stereocenters. The number of fused-ring (bicyclic) bond motifs is 2. The smallest absolute Gasteiger partial charge is 0.417 e. The molecule has 0 aliphatic carbocycles. The molecular formula is C20H21N3O3. The fourth-order valence-electron chi connectivity index (χ4n) is 3.13. The minimum atomic E-state index is -0.466. The number of nitrogens with zero attached hydrogens (tertiary/aromatic N) is 1. The van der Waals surface area contributed by atoms with Crippen LogP contribution < -0.4 is 15.8 Å². The lowest BCUT2D eigenvalue weighted by atomic mass is 10.2. The maximum absolute atomic E-state index is 11.3. The Balaban J connectivity index is 1.20. The molecule has 0 saturated carbocycles. The first-order valence-electron chi connectivity index (χ1n) is 8.80. The van der Waals surface area contributed by atoms with Crippen LogP contribution >= 0.6 is 0 Å². The van der Waals surface area contributed by atoms with Gasteiger partial charge < -0.3 is 19.0 Å². The van der Waals surface area contributed by atoms with E-state index < -0.39 is 5.76 Å². The number of benzene rings is 2. The van der Waals surface area contributed by atoms with Crippen molar-refractivity contribution in [2.45, 2.75) is 13.0 Å². The van der Waals surface area contributed by atoms with E-state index in [0.29, 0.717) is 23.5 Å².